The molecular weight excluding hydrogens is 266 g/mol. The Morgan fingerprint density at radius 2 is 2.05 bits per heavy atom. The van der Waals surface area contributed by atoms with Crippen molar-refractivity contribution >= 4 is 12.0 Å². The fourth-order valence-corrected chi connectivity index (χ4v) is 2.62. The molecule has 0 unspecified atom stereocenters. The number of nitrogens with zero attached hydrogens (tertiary/aromatic N) is 1. The quantitative estimate of drug-likeness (QED) is 0.800. The van der Waals surface area contributed by atoms with Crippen molar-refractivity contribution in [2.24, 2.45) is 5.92 Å². The van der Waals surface area contributed by atoms with Crippen LogP contribution >= 0.6 is 0 Å². The largest absolute Gasteiger partial charge is 0.493 e. The Morgan fingerprint density at radius 3 is 2.71 bits per heavy atom. The first-order valence-electron chi connectivity index (χ1n) is 7.33. The first-order chi connectivity index (χ1) is 10.1. The lowest BCUT2D eigenvalue weighted by molar-refractivity contribution is -0.127. The minimum absolute atomic E-state index is 0.0799. The van der Waals surface area contributed by atoms with Crippen molar-refractivity contribution in [2.75, 3.05) is 27.3 Å². The van der Waals surface area contributed by atoms with Crippen LogP contribution in [0.4, 0.5) is 0 Å². The molecule has 1 aliphatic rings. The van der Waals surface area contributed by atoms with Crippen LogP contribution in [0.5, 0.6) is 11.5 Å². The van der Waals surface area contributed by atoms with Crippen LogP contribution in [-0.4, -0.2) is 38.1 Å². The smallest absolute Gasteiger partial charge is 0.246 e. The number of ether oxygens (including phenoxy) is 2. The third-order valence-electron chi connectivity index (χ3n) is 3.79. The normalized spacial score (nSPS) is 18.8. The molecule has 1 heterocycles. The van der Waals surface area contributed by atoms with Crippen molar-refractivity contribution in [3.8, 4) is 11.5 Å². The number of carbonyl (C=O) groups is 1. The Balaban J connectivity index is 2.04. The van der Waals surface area contributed by atoms with Crippen LogP contribution in [-0.2, 0) is 4.79 Å². The molecule has 1 atom stereocenters. The predicted octanol–water partition coefficient (Wildman–Crippen LogP) is 2.98. The number of amides is 1. The van der Waals surface area contributed by atoms with Gasteiger partial charge in [-0.3, -0.25) is 4.79 Å². The average Bonchev–Trinajstić information content (AvgIpc) is 2.52. The summed E-state index contributed by atoms with van der Waals surface area (Å²) in [5.41, 5.74) is 0.922. The maximum atomic E-state index is 12.2. The van der Waals surface area contributed by atoms with E-state index in [1.807, 2.05) is 29.2 Å². The summed E-state index contributed by atoms with van der Waals surface area (Å²) in [6, 6.07) is 5.61. The second kappa shape index (κ2) is 7.16. The van der Waals surface area contributed by atoms with E-state index < -0.39 is 0 Å². The highest BCUT2D eigenvalue weighted by atomic mass is 16.5. The fourth-order valence-electron chi connectivity index (χ4n) is 2.62. The Labute approximate surface area is 126 Å². The van der Waals surface area contributed by atoms with Gasteiger partial charge in [-0.2, -0.15) is 0 Å². The molecule has 0 saturated carbocycles. The van der Waals surface area contributed by atoms with E-state index in [4.69, 9.17) is 9.47 Å². The Hall–Kier alpha value is -1.97. The molecule has 4 nitrogen and oxygen atoms in total. The molecule has 1 fully saturated rings. The molecule has 1 aromatic carbocycles. The molecule has 0 aromatic heterocycles. The van der Waals surface area contributed by atoms with Gasteiger partial charge in [-0.25, -0.2) is 0 Å². The molecule has 1 saturated heterocycles. The highest BCUT2D eigenvalue weighted by Gasteiger charge is 2.18. The lowest BCUT2D eigenvalue weighted by Crippen LogP contribution is -2.38. The van der Waals surface area contributed by atoms with Gasteiger partial charge in [0.05, 0.1) is 14.2 Å². The second-order valence-electron chi connectivity index (χ2n) is 5.48. The first kappa shape index (κ1) is 15.4. The van der Waals surface area contributed by atoms with Crippen LogP contribution in [0.3, 0.4) is 0 Å². The summed E-state index contributed by atoms with van der Waals surface area (Å²) < 4.78 is 10.5. The molecule has 0 aliphatic carbocycles. The summed E-state index contributed by atoms with van der Waals surface area (Å²) in [5, 5.41) is 0. The summed E-state index contributed by atoms with van der Waals surface area (Å²) >= 11 is 0. The van der Waals surface area contributed by atoms with Gasteiger partial charge in [0.2, 0.25) is 5.91 Å². The summed E-state index contributed by atoms with van der Waals surface area (Å²) in [5.74, 6) is 2.03. The zero-order valence-electron chi connectivity index (χ0n) is 13.0. The molecule has 1 aliphatic heterocycles. The van der Waals surface area contributed by atoms with Crippen LogP contribution in [0.2, 0.25) is 0 Å². The maximum Gasteiger partial charge on any atom is 0.246 e. The van der Waals surface area contributed by atoms with E-state index in [0.29, 0.717) is 17.4 Å². The molecule has 0 bridgehead atoms. The van der Waals surface area contributed by atoms with Crippen LogP contribution in [0.15, 0.2) is 24.3 Å². The highest BCUT2D eigenvalue weighted by molar-refractivity contribution is 5.91. The molecule has 0 radical (unpaired) electrons. The van der Waals surface area contributed by atoms with Crippen molar-refractivity contribution in [3.63, 3.8) is 0 Å². The molecule has 114 valence electrons. The minimum Gasteiger partial charge on any atom is -0.493 e. The van der Waals surface area contributed by atoms with Crippen LogP contribution in [0.1, 0.15) is 25.3 Å². The predicted molar refractivity (Wildman–Crippen MR) is 83.6 cm³/mol. The van der Waals surface area contributed by atoms with Gasteiger partial charge in [0.15, 0.2) is 11.5 Å². The Kier molecular flexibility index (Phi) is 5.26. The van der Waals surface area contributed by atoms with E-state index in [1.54, 1.807) is 20.3 Å². The number of benzene rings is 1. The summed E-state index contributed by atoms with van der Waals surface area (Å²) in [7, 11) is 3.21. The maximum absolute atomic E-state index is 12.2. The van der Waals surface area contributed by atoms with E-state index in [9.17, 15) is 4.79 Å². The lowest BCUT2D eigenvalue weighted by atomic mass is 10.0. The van der Waals surface area contributed by atoms with Crippen LogP contribution in [0, 0.1) is 5.92 Å². The zero-order chi connectivity index (χ0) is 15.2. The zero-order valence-corrected chi connectivity index (χ0v) is 13.0. The van der Waals surface area contributed by atoms with E-state index in [1.165, 1.54) is 6.42 Å². The van der Waals surface area contributed by atoms with Crippen molar-refractivity contribution in [1.82, 2.24) is 4.90 Å². The van der Waals surface area contributed by atoms with Crippen molar-refractivity contribution in [3.05, 3.63) is 29.8 Å². The first-order valence-corrected chi connectivity index (χ1v) is 7.33. The Bertz CT molecular complexity index is 525. The third-order valence-corrected chi connectivity index (χ3v) is 3.79. The molecular formula is C17H23NO3. The van der Waals surface area contributed by atoms with Gasteiger partial charge in [0.1, 0.15) is 0 Å². The van der Waals surface area contributed by atoms with E-state index >= 15 is 0 Å². The van der Waals surface area contributed by atoms with Gasteiger partial charge >= 0.3 is 0 Å². The van der Waals surface area contributed by atoms with Gasteiger partial charge in [0, 0.05) is 19.2 Å². The van der Waals surface area contributed by atoms with Gasteiger partial charge < -0.3 is 14.4 Å². The number of likely N-dealkylation sites (tertiary alicyclic amines) is 1. The number of piperidine rings is 1. The van der Waals surface area contributed by atoms with E-state index in [2.05, 4.69) is 6.92 Å². The number of hydrogen-bond donors (Lipinski definition) is 0. The number of hydrogen-bond acceptors (Lipinski definition) is 3. The lowest BCUT2D eigenvalue weighted by Gasteiger charge is -2.30. The fraction of sp³-hybridized carbons (Fsp3) is 0.471. The molecule has 2 rings (SSSR count). The molecule has 4 heteroatoms. The number of rotatable bonds is 4. The van der Waals surface area contributed by atoms with Crippen LogP contribution in [0.25, 0.3) is 6.08 Å². The highest BCUT2D eigenvalue weighted by Crippen LogP contribution is 2.28. The van der Waals surface area contributed by atoms with Gasteiger partial charge in [-0.1, -0.05) is 13.0 Å². The van der Waals surface area contributed by atoms with Crippen LogP contribution < -0.4 is 9.47 Å². The standard InChI is InChI=1S/C17H23NO3/c1-13-5-4-10-18(12-13)17(19)9-7-14-6-8-15(20-2)16(11-14)21-3/h6-9,11,13H,4-5,10,12H2,1-3H3/b9-7+/t13-/m1/s1. The average molecular weight is 289 g/mol. The van der Waals surface area contributed by atoms with E-state index in [-0.39, 0.29) is 5.91 Å². The molecule has 0 spiro atoms. The topological polar surface area (TPSA) is 38.8 Å². The molecule has 0 N–H and O–H groups in total. The molecule has 1 aromatic rings. The third kappa shape index (κ3) is 4.00. The van der Waals surface area contributed by atoms with Crippen molar-refractivity contribution in [2.45, 2.75) is 19.8 Å². The summed E-state index contributed by atoms with van der Waals surface area (Å²) in [6.07, 6.45) is 5.77. The van der Waals surface area contributed by atoms with Crippen molar-refractivity contribution in [1.29, 1.82) is 0 Å². The minimum atomic E-state index is 0.0799. The summed E-state index contributed by atoms with van der Waals surface area (Å²) in [4.78, 5) is 14.1. The second-order valence-corrected chi connectivity index (χ2v) is 5.48. The van der Waals surface area contributed by atoms with Gasteiger partial charge in [0.25, 0.3) is 0 Å². The molecule has 1 amide bonds. The molecule has 21 heavy (non-hydrogen) atoms. The summed E-state index contributed by atoms with van der Waals surface area (Å²) in [6.45, 7) is 3.91. The monoisotopic (exact) mass is 289 g/mol. The van der Waals surface area contributed by atoms with Crippen molar-refractivity contribution < 1.29 is 14.3 Å². The Morgan fingerprint density at radius 1 is 1.29 bits per heavy atom. The number of methoxy groups -OCH3 is 2. The SMILES string of the molecule is COc1ccc(/C=C/C(=O)N2CCC[C@@H](C)C2)cc1OC. The van der Waals surface area contributed by atoms with Gasteiger partial charge in [-0.05, 0) is 42.5 Å². The number of carbonyl (C=O) groups excluding carboxylic acids is 1. The van der Waals surface area contributed by atoms with E-state index in [0.717, 1.165) is 25.1 Å². The van der Waals surface area contributed by atoms with Gasteiger partial charge in [-0.15, -0.1) is 0 Å².